The predicted molar refractivity (Wildman–Crippen MR) is 87.8 cm³/mol. The Kier molecular flexibility index (Phi) is 5.61. The summed E-state index contributed by atoms with van der Waals surface area (Å²) >= 11 is 0. The zero-order valence-corrected chi connectivity index (χ0v) is 14.7. The Morgan fingerprint density at radius 1 is 1.04 bits per heavy atom. The van der Waals surface area contributed by atoms with Gasteiger partial charge in [0.05, 0.1) is 10.5 Å². The van der Waals surface area contributed by atoms with Crippen LogP contribution in [0.2, 0.25) is 0 Å². The minimum Gasteiger partial charge on any atom is -0.457 e. The minimum absolute atomic E-state index is 0.0123. The third kappa shape index (κ3) is 5.08. The molecule has 0 N–H and O–H groups in total. The first kappa shape index (κ1) is 20.5. The van der Waals surface area contributed by atoms with Crippen LogP contribution in [0.3, 0.4) is 0 Å². The van der Waals surface area contributed by atoms with Gasteiger partial charge in [-0.05, 0) is 30.3 Å². The average Bonchev–Trinajstić information content (AvgIpc) is 2.54. The van der Waals surface area contributed by atoms with Crippen LogP contribution < -0.4 is 8.92 Å². The molecule has 0 unspecified atom stereocenters. The van der Waals surface area contributed by atoms with Crippen molar-refractivity contribution in [1.29, 1.82) is 0 Å². The van der Waals surface area contributed by atoms with Crippen LogP contribution in [0.4, 0.5) is 18.9 Å². The van der Waals surface area contributed by atoms with Crippen molar-refractivity contribution < 1.29 is 35.4 Å². The second-order valence-electron chi connectivity index (χ2n) is 5.33. The van der Waals surface area contributed by atoms with Crippen molar-refractivity contribution in [3.05, 3.63) is 58.1 Å². The maximum atomic E-state index is 12.6. The maximum absolute atomic E-state index is 12.6. The summed E-state index contributed by atoms with van der Waals surface area (Å²) < 4.78 is 72.1. The zero-order valence-electron chi connectivity index (χ0n) is 13.9. The molecule has 0 amide bonds. The molecule has 0 fully saturated rings. The van der Waals surface area contributed by atoms with Gasteiger partial charge in [0.2, 0.25) is 5.75 Å². The van der Waals surface area contributed by atoms with Gasteiger partial charge in [-0.15, -0.1) is 0 Å². The quantitative estimate of drug-likeness (QED) is 0.537. The Morgan fingerprint density at radius 2 is 1.59 bits per heavy atom. The summed E-state index contributed by atoms with van der Waals surface area (Å²) in [5.74, 6) is -0.652. The van der Waals surface area contributed by atoms with Crippen LogP contribution in [0.1, 0.15) is 5.56 Å². The number of halogens is 3. The summed E-state index contributed by atoms with van der Waals surface area (Å²) in [6.45, 7) is 0. The average molecular weight is 406 g/mol. The van der Waals surface area contributed by atoms with Crippen LogP contribution in [-0.4, -0.2) is 31.7 Å². The van der Waals surface area contributed by atoms with E-state index in [0.29, 0.717) is 4.31 Å². The first-order valence-electron chi connectivity index (χ1n) is 7.15. The van der Waals surface area contributed by atoms with Crippen molar-refractivity contribution in [1.82, 2.24) is 4.31 Å². The van der Waals surface area contributed by atoms with Crippen molar-refractivity contribution in [3.8, 4) is 17.2 Å². The lowest BCUT2D eigenvalue weighted by Gasteiger charge is -2.13. The Balaban J connectivity index is 2.33. The van der Waals surface area contributed by atoms with E-state index >= 15 is 0 Å². The van der Waals surface area contributed by atoms with Gasteiger partial charge in [-0.3, -0.25) is 10.1 Å². The lowest BCUT2D eigenvalue weighted by Crippen LogP contribution is -2.27. The van der Waals surface area contributed by atoms with Gasteiger partial charge in [-0.25, -0.2) is 0 Å². The van der Waals surface area contributed by atoms with Crippen molar-refractivity contribution in [3.63, 3.8) is 0 Å². The number of benzene rings is 2. The molecule has 2 aromatic rings. The van der Waals surface area contributed by atoms with Crippen LogP contribution in [0.25, 0.3) is 0 Å². The lowest BCUT2D eigenvalue weighted by molar-refractivity contribution is -0.385. The van der Waals surface area contributed by atoms with Crippen LogP contribution in [0.5, 0.6) is 17.2 Å². The summed E-state index contributed by atoms with van der Waals surface area (Å²) in [5.41, 5.74) is -1.50. The van der Waals surface area contributed by atoms with E-state index in [-0.39, 0.29) is 11.5 Å². The highest BCUT2D eigenvalue weighted by Crippen LogP contribution is 2.35. The molecule has 0 radical (unpaired) electrons. The highest BCUT2D eigenvalue weighted by Gasteiger charge is 2.30. The van der Waals surface area contributed by atoms with Gasteiger partial charge < -0.3 is 8.92 Å². The van der Waals surface area contributed by atoms with Gasteiger partial charge in [0.15, 0.2) is 0 Å². The molecule has 0 saturated heterocycles. The van der Waals surface area contributed by atoms with E-state index in [1.165, 1.54) is 14.1 Å². The molecule has 0 bridgehead atoms. The zero-order chi connectivity index (χ0) is 20.4. The molecule has 146 valence electrons. The molecule has 27 heavy (non-hydrogen) atoms. The van der Waals surface area contributed by atoms with Crippen molar-refractivity contribution in [2.45, 2.75) is 6.18 Å². The van der Waals surface area contributed by atoms with Gasteiger partial charge in [-0.1, -0.05) is 0 Å². The minimum atomic E-state index is -4.51. The highest BCUT2D eigenvalue weighted by atomic mass is 32.2. The number of hydrogen-bond acceptors (Lipinski definition) is 6. The first-order valence-corrected chi connectivity index (χ1v) is 8.52. The Morgan fingerprint density at radius 3 is 2.07 bits per heavy atom. The van der Waals surface area contributed by atoms with Crippen LogP contribution in [0.15, 0.2) is 42.5 Å². The monoisotopic (exact) mass is 406 g/mol. The first-order chi connectivity index (χ1) is 12.4. The fourth-order valence-corrected chi connectivity index (χ4v) is 2.32. The topological polar surface area (TPSA) is 99.0 Å². The van der Waals surface area contributed by atoms with Gasteiger partial charge in [0.1, 0.15) is 11.5 Å². The number of hydrogen-bond donors (Lipinski definition) is 0. The van der Waals surface area contributed by atoms with Gasteiger partial charge in [-0.2, -0.15) is 25.9 Å². The molecule has 0 atom stereocenters. The van der Waals surface area contributed by atoms with Crippen LogP contribution in [-0.2, 0) is 16.5 Å². The lowest BCUT2D eigenvalue weighted by atomic mass is 10.2. The van der Waals surface area contributed by atoms with E-state index in [0.717, 1.165) is 42.5 Å². The highest BCUT2D eigenvalue weighted by molar-refractivity contribution is 7.84. The molecule has 12 heteroatoms. The van der Waals surface area contributed by atoms with E-state index in [2.05, 4.69) is 0 Å². The van der Waals surface area contributed by atoms with E-state index in [1.807, 2.05) is 0 Å². The largest absolute Gasteiger partial charge is 0.457 e. The summed E-state index contributed by atoms with van der Waals surface area (Å²) in [7, 11) is -1.93. The number of ether oxygens (including phenoxy) is 1. The molecule has 0 aliphatic rings. The number of nitrogens with zero attached hydrogens (tertiary/aromatic N) is 2. The fraction of sp³-hybridized carbons (Fsp3) is 0.200. The number of alkyl halides is 3. The van der Waals surface area contributed by atoms with Gasteiger partial charge in [0.25, 0.3) is 0 Å². The smallest absolute Gasteiger partial charge is 0.416 e. The fourth-order valence-electron chi connectivity index (χ4n) is 1.81. The molecule has 8 nitrogen and oxygen atoms in total. The molecule has 0 aromatic heterocycles. The summed E-state index contributed by atoms with van der Waals surface area (Å²) in [6, 6.07) is 6.79. The van der Waals surface area contributed by atoms with Gasteiger partial charge >= 0.3 is 22.2 Å². The Bertz CT molecular complexity index is 943. The predicted octanol–water partition coefficient (Wildman–Crippen LogP) is 3.59. The molecule has 0 aliphatic heterocycles. The number of nitro benzene ring substituents is 1. The van der Waals surface area contributed by atoms with E-state index in [1.54, 1.807) is 0 Å². The third-order valence-electron chi connectivity index (χ3n) is 3.19. The molecule has 0 heterocycles. The Labute approximate surface area is 152 Å². The van der Waals surface area contributed by atoms with Crippen molar-refractivity contribution >= 4 is 16.0 Å². The van der Waals surface area contributed by atoms with Crippen molar-refractivity contribution in [2.24, 2.45) is 0 Å². The van der Waals surface area contributed by atoms with E-state index in [4.69, 9.17) is 8.92 Å². The van der Waals surface area contributed by atoms with E-state index in [9.17, 15) is 31.7 Å². The van der Waals surface area contributed by atoms with Crippen LogP contribution >= 0.6 is 0 Å². The van der Waals surface area contributed by atoms with Crippen molar-refractivity contribution in [2.75, 3.05) is 14.1 Å². The number of nitro groups is 1. The molecule has 0 aliphatic carbocycles. The molecule has 2 rings (SSSR count). The summed E-state index contributed by atoms with van der Waals surface area (Å²) in [5, 5.41) is 11.0. The summed E-state index contributed by atoms with van der Waals surface area (Å²) in [4.78, 5) is 10.2. The second-order valence-corrected chi connectivity index (χ2v) is 7.09. The third-order valence-corrected chi connectivity index (χ3v) is 4.47. The van der Waals surface area contributed by atoms with E-state index < -0.39 is 38.4 Å². The van der Waals surface area contributed by atoms with Gasteiger partial charge in [0, 0.05) is 26.2 Å². The molecule has 0 spiro atoms. The SMILES string of the molecule is CN(C)S(=O)(=O)Oc1cc(Oc2ccc(C(F)(F)F)cc2)ccc1[N+](=O)[O-]. The molecular formula is C15H13F3N2O6S. The second kappa shape index (κ2) is 7.40. The maximum Gasteiger partial charge on any atom is 0.416 e. The summed E-state index contributed by atoms with van der Waals surface area (Å²) in [6.07, 6.45) is -4.51. The molecule has 2 aromatic carbocycles. The molecule has 0 saturated carbocycles. The normalized spacial score (nSPS) is 12.1. The number of rotatable bonds is 6. The standard InChI is InChI=1S/C15H13F3N2O6S/c1-19(2)27(23,24)26-14-9-12(7-8-13(14)20(21)22)25-11-5-3-10(4-6-11)15(16,17)18/h3-9H,1-2H3. The Hall–Kier alpha value is -2.86. The molecular weight excluding hydrogens is 393 g/mol. The van der Waals surface area contributed by atoms with Crippen LogP contribution in [0, 0.1) is 10.1 Å².